The highest BCUT2D eigenvalue weighted by molar-refractivity contribution is 5.82. The summed E-state index contributed by atoms with van der Waals surface area (Å²) in [6, 6.07) is -1.94. The van der Waals surface area contributed by atoms with E-state index in [1.165, 1.54) is 14.0 Å². The predicted octanol–water partition coefficient (Wildman–Crippen LogP) is 1.05. The maximum absolute atomic E-state index is 11.7. The van der Waals surface area contributed by atoms with Crippen molar-refractivity contribution in [3.8, 4) is 0 Å². The van der Waals surface area contributed by atoms with E-state index in [1.807, 2.05) is 5.32 Å². The molecule has 0 rings (SSSR count). The average molecular weight is 242 g/mol. The summed E-state index contributed by atoms with van der Waals surface area (Å²) in [6.45, 7) is 0.685. The number of amides is 2. The van der Waals surface area contributed by atoms with Crippen molar-refractivity contribution >= 4 is 12.0 Å². The van der Waals surface area contributed by atoms with Crippen LogP contribution in [0.15, 0.2) is 0 Å². The first-order chi connectivity index (χ1) is 7.15. The fourth-order valence-corrected chi connectivity index (χ4v) is 0.777. The van der Waals surface area contributed by atoms with Crippen molar-refractivity contribution in [3.05, 3.63) is 0 Å². The summed E-state index contributed by atoms with van der Waals surface area (Å²) in [7, 11) is 1.20. The maximum Gasteiger partial charge on any atom is 0.390 e. The van der Waals surface area contributed by atoms with Crippen LogP contribution in [0, 0.1) is 0 Å². The molecule has 1 atom stereocenters. The Hall–Kier alpha value is -1.47. The molecule has 2 N–H and O–H groups in total. The van der Waals surface area contributed by atoms with Gasteiger partial charge in [0.2, 0.25) is 0 Å². The van der Waals surface area contributed by atoms with E-state index in [9.17, 15) is 22.8 Å². The third kappa shape index (κ3) is 5.42. The number of likely N-dealkylation sites (N-methyl/N-ethyl adjacent to an activating group) is 1. The smallest absolute Gasteiger partial charge is 0.390 e. The molecule has 0 saturated carbocycles. The summed E-state index contributed by atoms with van der Waals surface area (Å²) in [5.74, 6) is -1.23. The number of halogens is 3. The van der Waals surface area contributed by atoms with Crippen molar-refractivity contribution in [2.24, 2.45) is 0 Å². The molecular weight excluding hydrogens is 229 g/mol. The van der Waals surface area contributed by atoms with Gasteiger partial charge in [-0.2, -0.15) is 13.2 Å². The van der Waals surface area contributed by atoms with Crippen LogP contribution < -0.4 is 5.32 Å². The normalized spacial score (nSPS) is 13.1. The molecule has 0 spiro atoms. The van der Waals surface area contributed by atoms with Crippen molar-refractivity contribution in [1.29, 1.82) is 0 Å². The summed E-state index contributed by atoms with van der Waals surface area (Å²) >= 11 is 0. The van der Waals surface area contributed by atoms with Gasteiger partial charge in [0, 0.05) is 13.6 Å². The van der Waals surface area contributed by atoms with Crippen LogP contribution in [-0.2, 0) is 4.79 Å². The van der Waals surface area contributed by atoms with Crippen LogP contribution in [0.1, 0.15) is 13.3 Å². The van der Waals surface area contributed by atoms with Gasteiger partial charge in [-0.1, -0.05) is 0 Å². The van der Waals surface area contributed by atoms with Crippen molar-refractivity contribution in [3.63, 3.8) is 0 Å². The topological polar surface area (TPSA) is 69.6 Å². The van der Waals surface area contributed by atoms with E-state index < -0.39 is 37.2 Å². The van der Waals surface area contributed by atoms with E-state index in [1.54, 1.807) is 0 Å². The van der Waals surface area contributed by atoms with Gasteiger partial charge >= 0.3 is 18.2 Å². The number of rotatable bonds is 4. The van der Waals surface area contributed by atoms with Crippen molar-refractivity contribution < 1.29 is 27.9 Å². The van der Waals surface area contributed by atoms with Gasteiger partial charge in [0.1, 0.15) is 6.04 Å². The van der Waals surface area contributed by atoms with E-state index in [4.69, 9.17) is 5.11 Å². The molecule has 0 aromatic carbocycles. The Morgan fingerprint density at radius 2 is 1.94 bits per heavy atom. The van der Waals surface area contributed by atoms with E-state index in [0.29, 0.717) is 0 Å². The lowest BCUT2D eigenvalue weighted by molar-refractivity contribution is -0.141. The number of aliphatic carboxylic acids is 1. The second-order valence-corrected chi connectivity index (χ2v) is 3.22. The van der Waals surface area contributed by atoms with Crippen LogP contribution in [-0.4, -0.2) is 47.8 Å². The predicted molar refractivity (Wildman–Crippen MR) is 48.9 cm³/mol. The zero-order valence-electron chi connectivity index (χ0n) is 8.84. The van der Waals surface area contributed by atoms with Crippen LogP contribution in [0.2, 0.25) is 0 Å². The minimum atomic E-state index is -4.34. The monoisotopic (exact) mass is 242 g/mol. The molecule has 0 aliphatic rings. The van der Waals surface area contributed by atoms with Gasteiger partial charge in [-0.25, -0.2) is 9.59 Å². The molecule has 16 heavy (non-hydrogen) atoms. The highest BCUT2D eigenvalue weighted by atomic mass is 19.4. The fraction of sp³-hybridized carbons (Fsp3) is 0.750. The van der Waals surface area contributed by atoms with Gasteiger partial charge in [-0.3, -0.25) is 0 Å². The quantitative estimate of drug-likeness (QED) is 0.774. The second-order valence-electron chi connectivity index (χ2n) is 3.22. The second kappa shape index (κ2) is 5.57. The number of carbonyl (C=O) groups excluding carboxylic acids is 1. The lowest BCUT2D eigenvalue weighted by Gasteiger charge is -2.21. The zero-order valence-corrected chi connectivity index (χ0v) is 8.84. The largest absolute Gasteiger partial charge is 0.480 e. The summed E-state index contributed by atoms with van der Waals surface area (Å²) < 4.78 is 35.2. The fourth-order valence-electron chi connectivity index (χ4n) is 0.777. The SMILES string of the molecule is CC(C(=O)O)N(C)C(=O)NCCC(F)(F)F. The molecule has 2 amide bonds. The number of urea groups is 1. The number of nitrogens with zero attached hydrogens (tertiary/aromatic N) is 1. The number of hydrogen-bond acceptors (Lipinski definition) is 2. The molecule has 1 unspecified atom stereocenters. The summed E-state index contributed by atoms with van der Waals surface area (Å²) in [5.41, 5.74) is 0. The Labute approximate surface area is 90.2 Å². The Morgan fingerprint density at radius 1 is 1.44 bits per heavy atom. The lowest BCUT2D eigenvalue weighted by atomic mass is 10.3. The van der Waals surface area contributed by atoms with Gasteiger partial charge in [-0.05, 0) is 6.92 Å². The van der Waals surface area contributed by atoms with Gasteiger partial charge in [-0.15, -0.1) is 0 Å². The van der Waals surface area contributed by atoms with E-state index >= 15 is 0 Å². The number of alkyl halides is 3. The Balaban J connectivity index is 4.03. The maximum atomic E-state index is 11.7. The molecule has 0 aromatic rings. The molecule has 0 heterocycles. The van der Waals surface area contributed by atoms with Gasteiger partial charge < -0.3 is 15.3 Å². The van der Waals surface area contributed by atoms with E-state index in [-0.39, 0.29) is 0 Å². The molecular formula is C8H13F3N2O3. The average Bonchev–Trinajstić information content (AvgIpc) is 2.13. The first-order valence-corrected chi connectivity index (χ1v) is 4.45. The highest BCUT2D eigenvalue weighted by Crippen LogP contribution is 2.18. The van der Waals surface area contributed by atoms with E-state index in [2.05, 4.69) is 0 Å². The van der Waals surface area contributed by atoms with Gasteiger partial charge in [0.25, 0.3) is 0 Å². The van der Waals surface area contributed by atoms with E-state index in [0.717, 1.165) is 4.90 Å². The minimum Gasteiger partial charge on any atom is -0.480 e. The standard InChI is InChI=1S/C8H13F3N2O3/c1-5(6(14)15)13(2)7(16)12-4-3-8(9,10)11/h5H,3-4H2,1-2H3,(H,12,16)(H,14,15). The molecule has 0 aromatic heterocycles. The highest BCUT2D eigenvalue weighted by Gasteiger charge is 2.27. The molecule has 8 heteroatoms. The number of carboxylic acid groups (broad SMARTS) is 1. The van der Waals surface area contributed by atoms with Crippen molar-refractivity contribution in [2.45, 2.75) is 25.6 Å². The number of carboxylic acids is 1. The third-order valence-electron chi connectivity index (χ3n) is 1.94. The third-order valence-corrected chi connectivity index (χ3v) is 1.94. The van der Waals surface area contributed by atoms with Crippen LogP contribution in [0.4, 0.5) is 18.0 Å². The molecule has 0 aliphatic heterocycles. The van der Waals surface area contributed by atoms with Gasteiger partial charge in [0.15, 0.2) is 0 Å². The number of nitrogens with one attached hydrogen (secondary N) is 1. The van der Waals surface area contributed by atoms with Crippen molar-refractivity contribution in [2.75, 3.05) is 13.6 Å². The minimum absolute atomic E-state index is 0.570. The first-order valence-electron chi connectivity index (χ1n) is 4.45. The van der Waals surface area contributed by atoms with Crippen LogP contribution in [0.3, 0.4) is 0 Å². The number of carbonyl (C=O) groups is 2. The summed E-state index contributed by atoms with van der Waals surface area (Å²) in [6.07, 6.45) is -5.49. The molecule has 0 fully saturated rings. The molecule has 0 aliphatic carbocycles. The Kier molecular flexibility index (Phi) is 5.06. The summed E-state index contributed by atoms with van der Waals surface area (Å²) in [4.78, 5) is 22.5. The first kappa shape index (κ1) is 14.5. The van der Waals surface area contributed by atoms with Crippen LogP contribution in [0.25, 0.3) is 0 Å². The molecule has 0 saturated heterocycles. The zero-order chi connectivity index (χ0) is 12.9. The Bertz CT molecular complexity index is 268. The summed E-state index contributed by atoms with van der Waals surface area (Å²) in [5, 5.41) is 10.5. The molecule has 5 nitrogen and oxygen atoms in total. The lowest BCUT2D eigenvalue weighted by Crippen LogP contribution is -2.46. The van der Waals surface area contributed by atoms with Crippen LogP contribution >= 0.6 is 0 Å². The Morgan fingerprint density at radius 3 is 2.31 bits per heavy atom. The molecule has 94 valence electrons. The number of hydrogen-bond donors (Lipinski definition) is 2. The van der Waals surface area contributed by atoms with Crippen LogP contribution in [0.5, 0.6) is 0 Å². The molecule has 0 radical (unpaired) electrons. The van der Waals surface area contributed by atoms with Gasteiger partial charge in [0.05, 0.1) is 6.42 Å². The molecule has 0 bridgehead atoms. The van der Waals surface area contributed by atoms with Crippen molar-refractivity contribution in [1.82, 2.24) is 10.2 Å².